The van der Waals surface area contributed by atoms with Crippen LogP contribution in [0.3, 0.4) is 0 Å². The van der Waals surface area contributed by atoms with E-state index in [-0.39, 0.29) is 11.6 Å². The van der Waals surface area contributed by atoms with Gasteiger partial charge in [-0.25, -0.2) is 13.8 Å². The molecule has 0 spiro atoms. The van der Waals surface area contributed by atoms with Crippen LogP contribution in [0.2, 0.25) is 0 Å². The second-order valence-electron chi connectivity index (χ2n) is 4.94. The molecule has 0 atom stereocenters. The Balaban J connectivity index is 2.17. The van der Waals surface area contributed by atoms with Gasteiger partial charge in [0.15, 0.2) is 5.82 Å². The van der Waals surface area contributed by atoms with Crippen molar-refractivity contribution in [3.05, 3.63) is 29.6 Å². The molecule has 0 radical (unpaired) electrons. The molecular weight excluding hydrogens is 302 g/mol. The third-order valence-electron chi connectivity index (χ3n) is 3.66. The lowest BCUT2D eigenvalue weighted by Crippen LogP contribution is -2.18. The molecule has 1 saturated heterocycles. The van der Waals surface area contributed by atoms with E-state index in [2.05, 4.69) is 4.98 Å². The first-order valence-corrected chi connectivity index (χ1v) is 8.39. The summed E-state index contributed by atoms with van der Waals surface area (Å²) in [6, 6.07) is 2.53. The number of nitrogens with zero attached hydrogens (tertiary/aromatic N) is 2. The number of alkyl halides is 1. The van der Waals surface area contributed by atoms with Crippen molar-refractivity contribution in [1.29, 1.82) is 0 Å². The Morgan fingerprint density at radius 1 is 1.30 bits per heavy atom. The third-order valence-corrected chi connectivity index (χ3v) is 4.90. The molecular formula is C14H15ClF2N2S. The molecule has 0 bridgehead atoms. The minimum Gasteiger partial charge on any atom is -0.325 e. The molecule has 0 N–H and O–H groups in total. The van der Waals surface area contributed by atoms with Crippen LogP contribution < -0.4 is 0 Å². The number of thioether (sulfide) groups is 1. The molecule has 2 aromatic rings. The molecule has 6 heteroatoms. The van der Waals surface area contributed by atoms with Gasteiger partial charge in [0, 0.05) is 24.4 Å². The Kier molecular flexibility index (Phi) is 4.17. The first kappa shape index (κ1) is 14.1. The Labute approximate surface area is 125 Å². The van der Waals surface area contributed by atoms with E-state index in [4.69, 9.17) is 11.6 Å². The Morgan fingerprint density at radius 3 is 2.75 bits per heavy atom. The van der Waals surface area contributed by atoms with E-state index in [1.165, 1.54) is 6.07 Å². The SMILES string of the molecule is Fc1cc(F)c2nc(CCCl)n(C3CCSCC3)c2c1. The molecule has 1 aliphatic rings. The topological polar surface area (TPSA) is 17.8 Å². The average molecular weight is 317 g/mol. The van der Waals surface area contributed by atoms with Gasteiger partial charge in [0.2, 0.25) is 0 Å². The van der Waals surface area contributed by atoms with Crippen molar-refractivity contribution in [2.75, 3.05) is 17.4 Å². The Morgan fingerprint density at radius 2 is 2.05 bits per heavy atom. The maximum absolute atomic E-state index is 13.9. The molecule has 0 amide bonds. The summed E-state index contributed by atoms with van der Waals surface area (Å²) in [5, 5.41) is 0. The van der Waals surface area contributed by atoms with E-state index in [0.29, 0.717) is 17.8 Å². The van der Waals surface area contributed by atoms with Crippen molar-refractivity contribution >= 4 is 34.4 Å². The van der Waals surface area contributed by atoms with Gasteiger partial charge in [0.05, 0.1) is 5.52 Å². The van der Waals surface area contributed by atoms with Gasteiger partial charge in [0.25, 0.3) is 0 Å². The van der Waals surface area contributed by atoms with Gasteiger partial charge in [-0.2, -0.15) is 11.8 Å². The lowest BCUT2D eigenvalue weighted by atomic mass is 10.1. The number of halogens is 3. The van der Waals surface area contributed by atoms with Crippen LogP contribution in [0.5, 0.6) is 0 Å². The van der Waals surface area contributed by atoms with Crippen LogP contribution in [0.4, 0.5) is 8.78 Å². The standard InChI is InChI=1S/C14H15ClF2N2S/c15-4-1-13-18-14-11(17)7-9(16)8-12(14)19(13)10-2-5-20-6-3-10/h7-8,10H,1-6H2. The fraction of sp³-hybridized carbons (Fsp3) is 0.500. The van der Waals surface area contributed by atoms with Crippen molar-refractivity contribution in [3.63, 3.8) is 0 Å². The molecule has 20 heavy (non-hydrogen) atoms. The largest absolute Gasteiger partial charge is 0.325 e. The molecule has 0 aliphatic carbocycles. The van der Waals surface area contributed by atoms with Crippen LogP contribution in [-0.4, -0.2) is 26.9 Å². The minimum absolute atomic E-state index is 0.254. The molecule has 2 nitrogen and oxygen atoms in total. The van der Waals surface area contributed by atoms with Gasteiger partial charge in [-0.3, -0.25) is 0 Å². The summed E-state index contributed by atoms with van der Waals surface area (Å²) in [7, 11) is 0. The van der Waals surface area contributed by atoms with Crippen LogP contribution in [0.1, 0.15) is 24.7 Å². The van der Waals surface area contributed by atoms with Gasteiger partial charge in [-0.1, -0.05) is 0 Å². The van der Waals surface area contributed by atoms with Crippen molar-refractivity contribution in [2.24, 2.45) is 0 Å². The summed E-state index contributed by atoms with van der Waals surface area (Å²) in [5.41, 5.74) is 0.809. The van der Waals surface area contributed by atoms with E-state index in [0.717, 1.165) is 36.2 Å². The van der Waals surface area contributed by atoms with Gasteiger partial charge in [0.1, 0.15) is 17.2 Å². The third kappa shape index (κ3) is 2.53. The molecule has 108 valence electrons. The predicted octanol–water partition coefficient (Wildman–Crippen LogP) is 4.16. The average Bonchev–Trinajstić information content (AvgIpc) is 2.79. The molecule has 1 aromatic heterocycles. The summed E-state index contributed by atoms with van der Waals surface area (Å²) in [6.07, 6.45) is 2.58. The quantitative estimate of drug-likeness (QED) is 0.791. The molecule has 1 aliphatic heterocycles. The van der Waals surface area contributed by atoms with Crippen LogP contribution >= 0.6 is 23.4 Å². The summed E-state index contributed by atoms with van der Waals surface area (Å²) in [4.78, 5) is 4.35. The van der Waals surface area contributed by atoms with Gasteiger partial charge in [-0.15, -0.1) is 11.6 Å². The fourth-order valence-corrected chi connectivity index (χ4v) is 4.03. The van der Waals surface area contributed by atoms with Crippen LogP contribution in [0.15, 0.2) is 12.1 Å². The van der Waals surface area contributed by atoms with Crippen LogP contribution in [-0.2, 0) is 6.42 Å². The number of benzene rings is 1. The molecule has 2 heterocycles. The van der Waals surface area contributed by atoms with E-state index < -0.39 is 11.6 Å². The number of imidazole rings is 1. The minimum atomic E-state index is -0.597. The first-order valence-electron chi connectivity index (χ1n) is 6.70. The van der Waals surface area contributed by atoms with Crippen molar-refractivity contribution in [3.8, 4) is 0 Å². The molecule has 0 unspecified atom stereocenters. The highest BCUT2D eigenvalue weighted by atomic mass is 35.5. The lowest BCUT2D eigenvalue weighted by Gasteiger charge is -2.25. The van der Waals surface area contributed by atoms with E-state index in [9.17, 15) is 8.78 Å². The normalized spacial score (nSPS) is 16.9. The monoisotopic (exact) mass is 316 g/mol. The maximum Gasteiger partial charge on any atom is 0.153 e. The zero-order chi connectivity index (χ0) is 14.1. The summed E-state index contributed by atoms with van der Waals surface area (Å²) in [5.74, 6) is 2.18. The predicted molar refractivity (Wildman–Crippen MR) is 79.7 cm³/mol. The smallest absolute Gasteiger partial charge is 0.153 e. The maximum atomic E-state index is 13.9. The molecule has 1 aromatic carbocycles. The van der Waals surface area contributed by atoms with Crippen LogP contribution in [0, 0.1) is 11.6 Å². The molecule has 3 rings (SSSR count). The van der Waals surface area contributed by atoms with Gasteiger partial charge in [-0.05, 0) is 30.4 Å². The highest BCUT2D eigenvalue weighted by Crippen LogP contribution is 2.32. The number of fused-ring (bicyclic) bond motifs is 1. The number of hydrogen-bond acceptors (Lipinski definition) is 2. The van der Waals surface area contributed by atoms with Gasteiger partial charge < -0.3 is 4.57 Å². The van der Waals surface area contributed by atoms with Crippen molar-refractivity contribution in [1.82, 2.24) is 9.55 Å². The zero-order valence-corrected chi connectivity index (χ0v) is 12.5. The summed E-state index contributed by atoms with van der Waals surface area (Å²) >= 11 is 7.74. The number of aryl methyl sites for hydroxylation is 1. The van der Waals surface area contributed by atoms with E-state index in [1.54, 1.807) is 0 Å². The summed E-state index contributed by atoms with van der Waals surface area (Å²) in [6.45, 7) is 0. The Hall–Kier alpha value is -0.810. The number of hydrogen-bond donors (Lipinski definition) is 0. The van der Waals surface area contributed by atoms with Crippen molar-refractivity contribution < 1.29 is 8.78 Å². The van der Waals surface area contributed by atoms with E-state index >= 15 is 0 Å². The van der Waals surface area contributed by atoms with Gasteiger partial charge >= 0.3 is 0 Å². The number of aromatic nitrogens is 2. The van der Waals surface area contributed by atoms with E-state index in [1.807, 2.05) is 16.3 Å². The Bertz CT molecular complexity index is 623. The molecule has 1 fully saturated rings. The highest BCUT2D eigenvalue weighted by molar-refractivity contribution is 7.99. The second-order valence-corrected chi connectivity index (χ2v) is 6.54. The second kappa shape index (κ2) is 5.90. The van der Waals surface area contributed by atoms with Crippen molar-refractivity contribution in [2.45, 2.75) is 25.3 Å². The van der Waals surface area contributed by atoms with Crippen LogP contribution in [0.25, 0.3) is 11.0 Å². The highest BCUT2D eigenvalue weighted by Gasteiger charge is 2.23. The number of rotatable bonds is 3. The zero-order valence-electron chi connectivity index (χ0n) is 10.9. The molecule has 0 saturated carbocycles. The summed E-state index contributed by atoms with van der Waals surface area (Å²) < 4.78 is 29.4. The first-order chi connectivity index (χ1) is 9.70. The fourth-order valence-electron chi connectivity index (χ4n) is 2.78. The lowest BCUT2D eigenvalue weighted by molar-refractivity contribution is 0.465.